The smallest absolute Gasteiger partial charge is 0.341 e. The summed E-state index contributed by atoms with van der Waals surface area (Å²) in [5, 5.41) is 3.98. The fourth-order valence-electron chi connectivity index (χ4n) is 2.81. The molecule has 0 fully saturated rings. The molecule has 7 nitrogen and oxygen atoms in total. The van der Waals surface area contributed by atoms with Crippen LogP contribution in [0.15, 0.2) is 36.5 Å². The minimum atomic E-state index is -0.452. The first kappa shape index (κ1) is 19.4. The second kappa shape index (κ2) is 8.56. The molecule has 2 heterocycles. The van der Waals surface area contributed by atoms with Gasteiger partial charge < -0.3 is 19.5 Å². The van der Waals surface area contributed by atoms with E-state index in [0.29, 0.717) is 34.6 Å². The number of esters is 1. The Morgan fingerprint density at radius 3 is 2.54 bits per heavy atom. The maximum atomic E-state index is 12.5. The van der Waals surface area contributed by atoms with Gasteiger partial charge in [0, 0.05) is 17.3 Å². The first-order valence-corrected chi connectivity index (χ1v) is 9.08. The molecule has 0 aliphatic heterocycles. The Hall–Kier alpha value is -3.35. The van der Waals surface area contributed by atoms with E-state index >= 15 is 0 Å². The molecule has 1 aromatic carbocycles. The second-order valence-corrected chi connectivity index (χ2v) is 6.00. The van der Waals surface area contributed by atoms with Crippen LogP contribution in [0.3, 0.4) is 0 Å². The summed E-state index contributed by atoms with van der Waals surface area (Å²) in [6, 6.07) is 9.26. The summed E-state index contributed by atoms with van der Waals surface area (Å²) in [6.45, 7) is 6.33. The number of anilines is 2. The van der Waals surface area contributed by atoms with Crippen molar-refractivity contribution >= 4 is 28.4 Å². The molecule has 3 rings (SSSR count). The number of aryl methyl sites for hydroxylation is 1. The first-order chi connectivity index (χ1) is 13.6. The Labute approximate surface area is 163 Å². The van der Waals surface area contributed by atoms with Crippen LogP contribution in [0.5, 0.6) is 11.5 Å². The molecule has 0 radical (unpaired) electrons. The van der Waals surface area contributed by atoms with Gasteiger partial charge in [-0.1, -0.05) is 0 Å². The molecule has 3 aromatic rings. The van der Waals surface area contributed by atoms with E-state index in [0.717, 1.165) is 17.1 Å². The van der Waals surface area contributed by atoms with Gasteiger partial charge in [0.15, 0.2) is 5.65 Å². The van der Waals surface area contributed by atoms with E-state index in [1.807, 2.05) is 44.2 Å². The number of fused-ring (bicyclic) bond motifs is 1. The van der Waals surface area contributed by atoms with Crippen LogP contribution in [0, 0.1) is 6.92 Å². The fourth-order valence-corrected chi connectivity index (χ4v) is 2.81. The molecule has 1 N–H and O–H groups in total. The number of hydrogen-bond donors (Lipinski definition) is 1. The Bertz CT molecular complexity index is 987. The fraction of sp³-hybridized carbons (Fsp3) is 0.286. The van der Waals surface area contributed by atoms with E-state index in [2.05, 4.69) is 15.3 Å². The summed E-state index contributed by atoms with van der Waals surface area (Å²) in [4.78, 5) is 21.4. The maximum Gasteiger partial charge on any atom is 0.341 e. The number of carbonyl (C=O) groups excluding carboxylic acids is 1. The third-order valence-corrected chi connectivity index (χ3v) is 4.16. The number of pyridine rings is 2. The molecule has 0 saturated carbocycles. The third kappa shape index (κ3) is 3.98. The Morgan fingerprint density at radius 1 is 1.14 bits per heavy atom. The van der Waals surface area contributed by atoms with Crippen LogP contribution in [0.25, 0.3) is 11.0 Å². The van der Waals surface area contributed by atoms with E-state index in [1.54, 1.807) is 14.0 Å². The van der Waals surface area contributed by atoms with Gasteiger partial charge >= 0.3 is 5.97 Å². The van der Waals surface area contributed by atoms with Crippen LogP contribution < -0.4 is 14.8 Å². The van der Waals surface area contributed by atoms with Crippen LogP contribution in [-0.4, -0.2) is 36.3 Å². The molecule has 0 unspecified atom stereocenters. The molecule has 28 heavy (non-hydrogen) atoms. The lowest BCUT2D eigenvalue weighted by Gasteiger charge is -2.15. The zero-order valence-corrected chi connectivity index (χ0v) is 16.4. The number of nitrogens with zero attached hydrogens (tertiary/aromatic N) is 2. The Morgan fingerprint density at radius 2 is 1.89 bits per heavy atom. The number of rotatable bonds is 7. The van der Waals surface area contributed by atoms with Gasteiger partial charge in [-0.25, -0.2) is 14.8 Å². The molecule has 7 heteroatoms. The van der Waals surface area contributed by atoms with Crippen LogP contribution in [0.1, 0.15) is 29.9 Å². The number of methoxy groups -OCH3 is 1. The summed E-state index contributed by atoms with van der Waals surface area (Å²) in [7, 11) is 1.61. The summed E-state index contributed by atoms with van der Waals surface area (Å²) in [5.74, 6) is 0.939. The van der Waals surface area contributed by atoms with E-state index in [-0.39, 0.29) is 6.61 Å². The molecule has 0 atom stereocenters. The van der Waals surface area contributed by atoms with Gasteiger partial charge in [0.05, 0.1) is 31.7 Å². The number of carbonyl (C=O) groups is 1. The van der Waals surface area contributed by atoms with Crippen molar-refractivity contribution in [1.29, 1.82) is 0 Å². The topological polar surface area (TPSA) is 82.6 Å². The van der Waals surface area contributed by atoms with E-state index in [9.17, 15) is 4.79 Å². The van der Waals surface area contributed by atoms with Gasteiger partial charge in [-0.05, 0) is 51.1 Å². The first-order valence-electron chi connectivity index (χ1n) is 9.08. The zero-order valence-electron chi connectivity index (χ0n) is 16.4. The molecule has 0 aliphatic carbocycles. The monoisotopic (exact) mass is 381 g/mol. The lowest BCUT2D eigenvalue weighted by molar-refractivity contribution is 0.0527. The summed E-state index contributed by atoms with van der Waals surface area (Å²) in [5.41, 5.74) is 2.95. The van der Waals surface area contributed by atoms with Crippen molar-refractivity contribution in [3.05, 3.63) is 47.8 Å². The van der Waals surface area contributed by atoms with Gasteiger partial charge in [0.1, 0.15) is 17.1 Å². The molecular formula is C21H23N3O4. The van der Waals surface area contributed by atoms with Gasteiger partial charge in [-0.3, -0.25) is 0 Å². The van der Waals surface area contributed by atoms with Crippen LogP contribution in [0.4, 0.5) is 11.4 Å². The predicted octanol–water partition coefficient (Wildman–Crippen LogP) is 4.27. The summed E-state index contributed by atoms with van der Waals surface area (Å²) < 4.78 is 16.1. The average Bonchev–Trinajstić information content (AvgIpc) is 2.70. The van der Waals surface area contributed by atoms with Crippen molar-refractivity contribution in [1.82, 2.24) is 9.97 Å². The lowest BCUT2D eigenvalue weighted by Crippen LogP contribution is -2.10. The molecule has 0 amide bonds. The van der Waals surface area contributed by atoms with Crippen molar-refractivity contribution in [3.63, 3.8) is 0 Å². The standard InChI is InChI=1S/C21H23N3O4/c1-5-27-18-11-16-19(24-14-7-9-15(26-4)10-8-14)17(21(25)28-6-2)12-22-20(16)23-13(18)3/h7-12H,5-6H2,1-4H3,(H,22,23,24). The number of nitrogens with one attached hydrogen (secondary N) is 1. The van der Waals surface area contributed by atoms with Crippen molar-refractivity contribution < 1.29 is 19.0 Å². The van der Waals surface area contributed by atoms with Crippen molar-refractivity contribution in [2.24, 2.45) is 0 Å². The Balaban J connectivity index is 2.16. The quantitative estimate of drug-likeness (QED) is 0.612. The minimum absolute atomic E-state index is 0.273. The highest BCUT2D eigenvalue weighted by Crippen LogP contribution is 2.33. The molecular weight excluding hydrogens is 358 g/mol. The number of hydrogen-bond acceptors (Lipinski definition) is 7. The van der Waals surface area contributed by atoms with Crippen molar-refractivity contribution in [2.75, 3.05) is 25.6 Å². The molecule has 0 spiro atoms. The second-order valence-electron chi connectivity index (χ2n) is 6.00. The van der Waals surface area contributed by atoms with Gasteiger partial charge in [0.2, 0.25) is 0 Å². The highest BCUT2D eigenvalue weighted by atomic mass is 16.5. The van der Waals surface area contributed by atoms with Crippen molar-refractivity contribution in [2.45, 2.75) is 20.8 Å². The average molecular weight is 381 g/mol. The third-order valence-electron chi connectivity index (χ3n) is 4.16. The summed E-state index contributed by atoms with van der Waals surface area (Å²) >= 11 is 0. The molecule has 2 aromatic heterocycles. The molecule has 0 bridgehead atoms. The maximum absolute atomic E-state index is 12.5. The summed E-state index contributed by atoms with van der Waals surface area (Å²) in [6.07, 6.45) is 1.49. The molecule has 0 saturated heterocycles. The van der Waals surface area contributed by atoms with E-state index in [1.165, 1.54) is 6.20 Å². The predicted molar refractivity (Wildman–Crippen MR) is 108 cm³/mol. The molecule has 146 valence electrons. The normalized spacial score (nSPS) is 10.6. The van der Waals surface area contributed by atoms with Gasteiger partial charge in [0.25, 0.3) is 0 Å². The van der Waals surface area contributed by atoms with E-state index in [4.69, 9.17) is 14.2 Å². The Kier molecular flexibility index (Phi) is 5.93. The van der Waals surface area contributed by atoms with Crippen LogP contribution in [0.2, 0.25) is 0 Å². The van der Waals surface area contributed by atoms with E-state index < -0.39 is 5.97 Å². The molecule has 0 aliphatic rings. The van der Waals surface area contributed by atoms with Crippen molar-refractivity contribution in [3.8, 4) is 11.5 Å². The van der Waals surface area contributed by atoms with Gasteiger partial charge in [-0.2, -0.15) is 0 Å². The van der Waals surface area contributed by atoms with Crippen LogP contribution >= 0.6 is 0 Å². The zero-order chi connectivity index (χ0) is 20.1. The number of benzene rings is 1. The SMILES string of the molecule is CCOC(=O)c1cnc2nc(C)c(OCC)cc2c1Nc1ccc(OC)cc1. The number of aromatic nitrogens is 2. The highest BCUT2D eigenvalue weighted by Gasteiger charge is 2.19. The highest BCUT2D eigenvalue weighted by molar-refractivity contribution is 6.05. The van der Waals surface area contributed by atoms with Crippen LogP contribution in [-0.2, 0) is 4.74 Å². The lowest BCUT2D eigenvalue weighted by atomic mass is 10.1. The van der Waals surface area contributed by atoms with Gasteiger partial charge in [-0.15, -0.1) is 0 Å². The largest absolute Gasteiger partial charge is 0.497 e. The number of ether oxygens (including phenoxy) is 3. The minimum Gasteiger partial charge on any atom is -0.497 e.